The standard InChI is InChI=1S/C17H34N2/c1-16(2)10-15(11-17(3,4)12-16)19(5)14-8-6-13(18)7-9-14/h13-15H,6-12,18H2,1-5H3. The third-order valence-corrected chi connectivity index (χ3v) is 5.43. The average Bonchev–Trinajstić information content (AvgIpc) is 2.25. The first-order valence-electron chi connectivity index (χ1n) is 8.16. The molecule has 2 N–H and O–H groups in total. The van der Waals surface area contributed by atoms with Gasteiger partial charge in [0, 0.05) is 18.1 Å². The van der Waals surface area contributed by atoms with Crippen molar-refractivity contribution in [2.75, 3.05) is 7.05 Å². The van der Waals surface area contributed by atoms with Crippen LogP contribution in [0.4, 0.5) is 0 Å². The van der Waals surface area contributed by atoms with Crippen LogP contribution in [0, 0.1) is 10.8 Å². The molecule has 2 heteroatoms. The van der Waals surface area contributed by atoms with Gasteiger partial charge in [-0.15, -0.1) is 0 Å². The number of nitrogens with two attached hydrogens (primary N) is 1. The predicted octanol–water partition coefficient (Wildman–Crippen LogP) is 3.79. The summed E-state index contributed by atoms with van der Waals surface area (Å²) in [5.41, 5.74) is 7.03. The zero-order valence-electron chi connectivity index (χ0n) is 13.7. The van der Waals surface area contributed by atoms with Crippen LogP contribution in [0.5, 0.6) is 0 Å². The maximum Gasteiger partial charge on any atom is 0.0105 e. The van der Waals surface area contributed by atoms with Crippen LogP contribution in [0.25, 0.3) is 0 Å². The molecular formula is C17H34N2. The van der Waals surface area contributed by atoms with Crippen molar-refractivity contribution in [3.63, 3.8) is 0 Å². The normalized spacial score (nSPS) is 35.5. The first kappa shape index (κ1) is 15.3. The van der Waals surface area contributed by atoms with Gasteiger partial charge in [0.1, 0.15) is 0 Å². The minimum Gasteiger partial charge on any atom is -0.328 e. The Balaban J connectivity index is 2.00. The van der Waals surface area contributed by atoms with Crippen molar-refractivity contribution >= 4 is 0 Å². The molecule has 0 saturated heterocycles. The molecule has 0 atom stereocenters. The van der Waals surface area contributed by atoms with Gasteiger partial charge < -0.3 is 10.6 Å². The first-order valence-corrected chi connectivity index (χ1v) is 8.16. The SMILES string of the molecule is CN(C1CCC(N)CC1)C1CC(C)(C)CC(C)(C)C1. The fraction of sp³-hybridized carbons (Fsp3) is 1.00. The maximum absolute atomic E-state index is 6.04. The lowest BCUT2D eigenvalue weighted by Gasteiger charge is -2.50. The van der Waals surface area contributed by atoms with Gasteiger partial charge in [0.2, 0.25) is 0 Å². The van der Waals surface area contributed by atoms with Gasteiger partial charge >= 0.3 is 0 Å². The third kappa shape index (κ3) is 3.95. The Hall–Kier alpha value is -0.0800. The highest BCUT2D eigenvalue weighted by Crippen LogP contribution is 2.47. The molecule has 0 amide bonds. The molecule has 2 aliphatic rings. The highest BCUT2D eigenvalue weighted by molar-refractivity contribution is 4.94. The van der Waals surface area contributed by atoms with Crippen molar-refractivity contribution in [3.05, 3.63) is 0 Å². The summed E-state index contributed by atoms with van der Waals surface area (Å²) in [6, 6.07) is 2.00. The van der Waals surface area contributed by atoms with Crippen molar-refractivity contribution in [2.24, 2.45) is 16.6 Å². The largest absolute Gasteiger partial charge is 0.328 e. The summed E-state index contributed by atoms with van der Waals surface area (Å²) in [6.45, 7) is 9.80. The lowest BCUT2D eigenvalue weighted by atomic mass is 9.63. The Morgan fingerprint density at radius 2 is 1.32 bits per heavy atom. The summed E-state index contributed by atoms with van der Waals surface area (Å²) in [4.78, 5) is 2.70. The van der Waals surface area contributed by atoms with E-state index in [1.165, 1.54) is 44.9 Å². The topological polar surface area (TPSA) is 29.3 Å². The fourth-order valence-electron chi connectivity index (χ4n) is 4.88. The Bertz CT molecular complexity index is 284. The van der Waals surface area contributed by atoms with E-state index in [1.54, 1.807) is 0 Å². The maximum atomic E-state index is 6.04. The van der Waals surface area contributed by atoms with E-state index in [-0.39, 0.29) is 0 Å². The van der Waals surface area contributed by atoms with Crippen molar-refractivity contribution in [1.82, 2.24) is 4.90 Å². The Morgan fingerprint density at radius 1 is 0.842 bits per heavy atom. The van der Waals surface area contributed by atoms with E-state index in [9.17, 15) is 0 Å². The molecule has 2 fully saturated rings. The molecule has 0 aliphatic heterocycles. The van der Waals surface area contributed by atoms with E-state index in [0.717, 1.165) is 12.1 Å². The van der Waals surface area contributed by atoms with Gasteiger partial charge in [0.05, 0.1) is 0 Å². The highest BCUT2D eigenvalue weighted by Gasteiger charge is 2.41. The monoisotopic (exact) mass is 266 g/mol. The van der Waals surface area contributed by atoms with E-state index in [0.29, 0.717) is 16.9 Å². The number of rotatable bonds is 2. The molecule has 19 heavy (non-hydrogen) atoms. The lowest BCUT2D eigenvalue weighted by Crippen LogP contribution is -2.50. The summed E-state index contributed by atoms with van der Waals surface area (Å²) >= 11 is 0. The number of hydrogen-bond donors (Lipinski definition) is 1. The minimum absolute atomic E-state index is 0.462. The number of nitrogens with zero attached hydrogens (tertiary/aromatic N) is 1. The molecule has 2 aliphatic carbocycles. The molecule has 0 radical (unpaired) electrons. The molecule has 2 rings (SSSR count). The quantitative estimate of drug-likeness (QED) is 0.824. The van der Waals surface area contributed by atoms with Crippen LogP contribution in [0.2, 0.25) is 0 Å². The van der Waals surface area contributed by atoms with E-state index >= 15 is 0 Å². The van der Waals surface area contributed by atoms with Crippen molar-refractivity contribution in [2.45, 2.75) is 90.8 Å². The van der Waals surface area contributed by atoms with Crippen LogP contribution < -0.4 is 5.73 Å². The zero-order valence-corrected chi connectivity index (χ0v) is 13.7. The molecule has 0 bridgehead atoms. The molecule has 0 spiro atoms. The fourth-order valence-corrected chi connectivity index (χ4v) is 4.88. The van der Waals surface area contributed by atoms with Crippen LogP contribution >= 0.6 is 0 Å². The van der Waals surface area contributed by atoms with Crippen LogP contribution in [-0.4, -0.2) is 30.1 Å². The van der Waals surface area contributed by atoms with Gasteiger partial charge in [-0.05, 0) is 62.8 Å². The van der Waals surface area contributed by atoms with Crippen LogP contribution in [0.3, 0.4) is 0 Å². The van der Waals surface area contributed by atoms with Crippen LogP contribution in [0.15, 0.2) is 0 Å². The van der Waals surface area contributed by atoms with Gasteiger partial charge in [0.15, 0.2) is 0 Å². The molecule has 0 aromatic rings. The predicted molar refractivity (Wildman–Crippen MR) is 83.2 cm³/mol. The van der Waals surface area contributed by atoms with Gasteiger partial charge in [-0.3, -0.25) is 0 Å². The first-order chi connectivity index (χ1) is 8.69. The second kappa shape index (κ2) is 5.37. The molecular weight excluding hydrogens is 232 g/mol. The molecule has 0 aromatic carbocycles. The van der Waals surface area contributed by atoms with Gasteiger partial charge in [-0.1, -0.05) is 27.7 Å². The molecule has 112 valence electrons. The summed E-state index contributed by atoms with van der Waals surface area (Å²) in [6.07, 6.45) is 9.11. The molecule has 0 heterocycles. The minimum atomic E-state index is 0.462. The number of hydrogen-bond acceptors (Lipinski definition) is 2. The molecule has 2 nitrogen and oxygen atoms in total. The Kier molecular flexibility index (Phi) is 4.32. The Labute approximate surface area is 120 Å². The van der Waals surface area contributed by atoms with Crippen molar-refractivity contribution in [3.8, 4) is 0 Å². The molecule has 2 saturated carbocycles. The van der Waals surface area contributed by atoms with E-state index < -0.39 is 0 Å². The van der Waals surface area contributed by atoms with E-state index in [4.69, 9.17) is 5.73 Å². The van der Waals surface area contributed by atoms with E-state index in [2.05, 4.69) is 39.6 Å². The Morgan fingerprint density at radius 3 is 1.79 bits per heavy atom. The average molecular weight is 266 g/mol. The van der Waals surface area contributed by atoms with Crippen molar-refractivity contribution in [1.29, 1.82) is 0 Å². The van der Waals surface area contributed by atoms with Gasteiger partial charge in [-0.2, -0.15) is 0 Å². The smallest absolute Gasteiger partial charge is 0.0105 e. The van der Waals surface area contributed by atoms with Gasteiger partial charge in [-0.25, -0.2) is 0 Å². The third-order valence-electron chi connectivity index (χ3n) is 5.43. The highest BCUT2D eigenvalue weighted by atomic mass is 15.2. The van der Waals surface area contributed by atoms with Crippen LogP contribution in [0.1, 0.15) is 72.6 Å². The second-order valence-corrected chi connectivity index (χ2v) is 8.80. The second-order valence-electron chi connectivity index (χ2n) is 8.80. The molecule has 0 unspecified atom stereocenters. The summed E-state index contributed by atoms with van der Waals surface area (Å²) < 4.78 is 0. The summed E-state index contributed by atoms with van der Waals surface area (Å²) in [5, 5.41) is 0. The van der Waals surface area contributed by atoms with Gasteiger partial charge in [0.25, 0.3) is 0 Å². The zero-order chi connectivity index (χ0) is 14.3. The summed E-state index contributed by atoms with van der Waals surface area (Å²) in [7, 11) is 2.36. The van der Waals surface area contributed by atoms with Crippen molar-refractivity contribution < 1.29 is 0 Å². The van der Waals surface area contributed by atoms with Crippen LogP contribution in [-0.2, 0) is 0 Å². The van der Waals surface area contributed by atoms with E-state index in [1.807, 2.05) is 0 Å². The summed E-state index contributed by atoms with van der Waals surface area (Å²) in [5.74, 6) is 0. The lowest BCUT2D eigenvalue weighted by molar-refractivity contribution is 0.00965. The molecule has 0 aromatic heterocycles.